The van der Waals surface area contributed by atoms with Crippen molar-refractivity contribution in [1.82, 2.24) is 19.9 Å². The molecule has 0 fully saturated rings. The fraction of sp³-hybridized carbons (Fsp3) is 0.100. The summed E-state index contributed by atoms with van der Waals surface area (Å²) < 4.78 is 9.84. The summed E-state index contributed by atoms with van der Waals surface area (Å²) >= 11 is 6.12. The van der Waals surface area contributed by atoms with Gasteiger partial charge in [-0.3, -0.25) is 15.3 Å². The largest absolute Gasteiger partial charge is 0.495 e. The van der Waals surface area contributed by atoms with Crippen molar-refractivity contribution in [2.75, 3.05) is 19.5 Å². The second kappa shape index (κ2) is 7.76. The number of rotatable bonds is 4. The number of fused-ring (bicyclic) bond motifs is 1. The fourth-order valence-electron chi connectivity index (χ4n) is 2.97. The van der Waals surface area contributed by atoms with Gasteiger partial charge in [0.2, 0.25) is 0 Å². The third kappa shape index (κ3) is 3.70. The molecule has 0 aromatic carbocycles. The zero-order valence-electron chi connectivity index (χ0n) is 15.6. The van der Waals surface area contributed by atoms with Gasteiger partial charge in [0.25, 0.3) is 0 Å². The van der Waals surface area contributed by atoms with Gasteiger partial charge in [0, 0.05) is 18.0 Å². The van der Waals surface area contributed by atoms with Crippen LogP contribution in [0.1, 0.15) is 0 Å². The molecule has 0 unspecified atom stereocenters. The van der Waals surface area contributed by atoms with E-state index in [0.29, 0.717) is 22.3 Å². The summed E-state index contributed by atoms with van der Waals surface area (Å²) in [6.07, 6.45) is 4.23. The van der Waals surface area contributed by atoms with Gasteiger partial charge in [-0.15, -0.1) is 0 Å². The monoisotopic (exact) mass is 409 g/mol. The molecule has 2 N–H and O–H groups in total. The van der Waals surface area contributed by atoms with Crippen LogP contribution in [0.2, 0.25) is 5.02 Å². The van der Waals surface area contributed by atoms with Crippen molar-refractivity contribution >= 4 is 34.5 Å². The highest BCUT2D eigenvalue weighted by Gasteiger charge is 2.18. The van der Waals surface area contributed by atoms with Gasteiger partial charge in [-0.25, -0.2) is 9.78 Å². The minimum absolute atomic E-state index is 0.354. The van der Waals surface area contributed by atoms with Crippen molar-refractivity contribution in [2.24, 2.45) is 0 Å². The number of hydrogen-bond acceptors (Lipinski definition) is 6. The number of halogens is 1. The molecule has 0 saturated carbocycles. The third-order valence-corrected chi connectivity index (χ3v) is 4.50. The molecule has 8 nitrogen and oxygen atoms in total. The summed E-state index contributed by atoms with van der Waals surface area (Å²) in [5.74, 6) is 1.01. The van der Waals surface area contributed by atoms with Crippen LogP contribution in [0.5, 0.6) is 5.75 Å². The SMILES string of the molecule is COC(=O)Nc1cc(-c2[nH]c3cc(Cl)cnc3c2-c2ccc(OC)cn2)ccn1. The first kappa shape index (κ1) is 18.7. The van der Waals surface area contributed by atoms with E-state index in [2.05, 4.69) is 30.0 Å². The number of anilines is 1. The molecule has 4 heterocycles. The first-order valence-corrected chi connectivity index (χ1v) is 8.96. The smallest absolute Gasteiger partial charge is 0.412 e. The van der Waals surface area contributed by atoms with Crippen LogP contribution in [0.15, 0.2) is 48.9 Å². The lowest BCUT2D eigenvalue weighted by molar-refractivity contribution is 0.187. The third-order valence-electron chi connectivity index (χ3n) is 4.29. The highest BCUT2D eigenvalue weighted by atomic mass is 35.5. The van der Waals surface area contributed by atoms with Gasteiger partial charge in [-0.2, -0.15) is 0 Å². The molecule has 0 radical (unpaired) electrons. The van der Waals surface area contributed by atoms with Crippen molar-refractivity contribution in [3.8, 4) is 28.3 Å². The van der Waals surface area contributed by atoms with Gasteiger partial charge < -0.3 is 14.5 Å². The maximum atomic E-state index is 11.5. The van der Waals surface area contributed by atoms with E-state index >= 15 is 0 Å². The van der Waals surface area contributed by atoms with Crippen LogP contribution in [0, 0.1) is 0 Å². The van der Waals surface area contributed by atoms with Crippen LogP contribution in [-0.2, 0) is 4.74 Å². The van der Waals surface area contributed by atoms with Crippen molar-refractivity contribution in [3.63, 3.8) is 0 Å². The Morgan fingerprint density at radius 2 is 1.97 bits per heavy atom. The van der Waals surface area contributed by atoms with E-state index in [0.717, 1.165) is 27.9 Å². The van der Waals surface area contributed by atoms with Gasteiger partial charge in [0.15, 0.2) is 0 Å². The number of nitrogens with zero attached hydrogens (tertiary/aromatic N) is 3. The number of aromatic amines is 1. The fourth-order valence-corrected chi connectivity index (χ4v) is 3.13. The summed E-state index contributed by atoms with van der Waals surface area (Å²) in [5.41, 5.74) is 4.55. The molecule has 0 aliphatic heterocycles. The Morgan fingerprint density at radius 3 is 2.69 bits per heavy atom. The van der Waals surface area contributed by atoms with Crippen LogP contribution >= 0.6 is 11.6 Å². The van der Waals surface area contributed by atoms with E-state index in [4.69, 9.17) is 16.3 Å². The van der Waals surface area contributed by atoms with E-state index in [1.54, 1.807) is 37.8 Å². The number of ether oxygens (including phenoxy) is 2. The zero-order chi connectivity index (χ0) is 20.4. The number of amides is 1. The normalized spacial score (nSPS) is 10.7. The van der Waals surface area contributed by atoms with Crippen LogP contribution in [0.3, 0.4) is 0 Å². The molecule has 0 bridgehead atoms. The quantitative estimate of drug-likeness (QED) is 0.513. The van der Waals surface area contributed by atoms with E-state index in [1.165, 1.54) is 7.11 Å². The first-order valence-electron chi connectivity index (χ1n) is 8.58. The number of aromatic nitrogens is 4. The molecule has 0 spiro atoms. The van der Waals surface area contributed by atoms with Crippen molar-refractivity contribution in [3.05, 3.63) is 53.9 Å². The predicted octanol–water partition coefficient (Wildman–Crippen LogP) is 4.53. The average molecular weight is 410 g/mol. The van der Waals surface area contributed by atoms with Crippen LogP contribution in [-0.4, -0.2) is 40.2 Å². The Balaban J connectivity index is 1.89. The van der Waals surface area contributed by atoms with Gasteiger partial charge in [0.1, 0.15) is 11.6 Å². The highest BCUT2D eigenvalue weighted by Crippen LogP contribution is 2.37. The number of H-pyrrole nitrogens is 1. The molecule has 4 rings (SSSR count). The number of carbonyl (C=O) groups excluding carboxylic acids is 1. The summed E-state index contributed by atoms with van der Waals surface area (Å²) in [4.78, 5) is 28.0. The molecule has 0 aliphatic rings. The Bertz CT molecular complexity index is 1190. The molecular formula is C20H16ClN5O3. The summed E-state index contributed by atoms with van der Waals surface area (Å²) in [5, 5.41) is 3.08. The molecule has 9 heteroatoms. The average Bonchev–Trinajstić information content (AvgIpc) is 3.12. The molecule has 4 aromatic rings. The van der Waals surface area contributed by atoms with Crippen molar-refractivity contribution in [2.45, 2.75) is 0 Å². The number of carbonyl (C=O) groups is 1. The summed E-state index contributed by atoms with van der Waals surface area (Å²) in [6, 6.07) is 9.04. The molecule has 4 aromatic heterocycles. The lowest BCUT2D eigenvalue weighted by Gasteiger charge is -2.08. The number of hydrogen-bond donors (Lipinski definition) is 2. The van der Waals surface area contributed by atoms with Gasteiger partial charge in [-0.05, 0) is 30.3 Å². The molecule has 146 valence electrons. The second-order valence-corrected chi connectivity index (χ2v) is 6.49. The van der Waals surface area contributed by atoms with Crippen molar-refractivity contribution < 1.29 is 14.3 Å². The first-order chi connectivity index (χ1) is 14.1. The minimum atomic E-state index is -0.600. The summed E-state index contributed by atoms with van der Waals surface area (Å²) in [6.45, 7) is 0. The van der Waals surface area contributed by atoms with Crippen molar-refractivity contribution in [1.29, 1.82) is 0 Å². The molecule has 0 saturated heterocycles. The maximum Gasteiger partial charge on any atom is 0.412 e. The maximum absolute atomic E-state index is 11.5. The minimum Gasteiger partial charge on any atom is -0.495 e. The molecule has 0 atom stereocenters. The lowest BCUT2D eigenvalue weighted by Crippen LogP contribution is -2.11. The topological polar surface area (TPSA) is 102 Å². The van der Waals surface area contributed by atoms with Crippen LogP contribution in [0.4, 0.5) is 10.6 Å². The van der Waals surface area contributed by atoms with Crippen LogP contribution < -0.4 is 10.1 Å². The lowest BCUT2D eigenvalue weighted by atomic mass is 10.0. The number of nitrogens with one attached hydrogen (secondary N) is 2. The van der Waals surface area contributed by atoms with Gasteiger partial charge >= 0.3 is 6.09 Å². The zero-order valence-corrected chi connectivity index (χ0v) is 16.3. The van der Waals surface area contributed by atoms with E-state index in [1.807, 2.05) is 18.2 Å². The number of pyridine rings is 3. The van der Waals surface area contributed by atoms with Gasteiger partial charge in [0.05, 0.1) is 53.4 Å². The standard InChI is InChI=1S/C20H16ClN5O3/c1-28-13-3-4-14(23-10-13)17-18(25-15-8-12(21)9-24-19(15)17)11-5-6-22-16(7-11)26-20(27)29-2/h3-10,25H,1-2H3,(H,22,26,27). The van der Waals surface area contributed by atoms with Crippen LogP contribution in [0.25, 0.3) is 33.5 Å². The summed E-state index contributed by atoms with van der Waals surface area (Å²) in [7, 11) is 2.88. The number of methoxy groups -OCH3 is 2. The Morgan fingerprint density at radius 1 is 1.10 bits per heavy atom. The molecule has 1 amide bonds. The molecular weight excluding hydrogens is 394 g/mol. The Hall–Kier alpha value is -3.65. The Kier molecular flexibility index (Phi) is 5.01. The van der Waals surface area contributed by atoms with E-state index in [-0.39, 0.29) is 0 Å². The second-order valence-electron chi connectivity index (χ2n) is 6.05. The van der Waals surface area contributed by atoms with E-state index in [9.17, 15) is 4.79 Å². The van der Waals surface area contributed by atoms with E-state index < -0.39 is 6.09 Å². The predicted molar refractivity (Wildman–Crippen MR) is 110 cm³/mol. The molecule has 29 heavy (non-hydrogen) atoms. The van der Waals surface area contributed by atoms with Gasteiger partial charge in [-0.1, -0.05) is 11.6 Å². The highest BCUT2D eigenvalue weighted by molar-refractivity contribution is 6.31. The Labute approximate surface area is 170 Å². The molecule has 0 aliphatic carbocycles.